The Labute approximate surface area is 141 Å². The molecule has 1 N–H and O–H groups in total. The smallest absolute Gasteiger partial charge is 0.258 e. The predicted octanol–water partition coefficient (Wildman–Crippen LogP) is 2.45. The summed E-state index contributed by atoms with van der Waals surface area (Å²) in [5.74, 6) is 0.270. The second-order valence-corrected chi connectivity index (χ2v) is 5.43. The van der Waals surface area contributed by atoms with Gasteiger partial charge in [-0.25, -0.2) is 0 Å². The fourth-order valence-corrected chi connectivity index (χ4v) is 2.22. The first-order valence-corrected chi connectivity index (χ1v) is 7.71. The summed E-state index contributed by atoms with van der Waals surface area (Å²) >= 11 is 0. The zero-order valence-electron chi connectivity index (χ0n) is 13.8. The lowest BCUT2D eigenvalue weighted by Crippen LogP contribution is -2.38. The highest BCUT2D eigenvalue weighted by atomic mass is 16.5. The number of benzene rings is 2. The summed E-state index contributed by atoms with van der Waals surface area (Å²) in [5, 5.41) is 2.76. The zero-order valence-corrected chi connectivity index (χ0v) is 13.8. The van der Waals surface area contributed by atoms with E-state index in [0.717, 1.165) is 0 Å². The average Bonchev–Trinajstić information content (AvgIpc) is 2.61. The van der Waals surface area contributed by atoms with Crippen molar-refractivity contribution in [2.75, 3.05) is 20.3 Å². The van der Waals surface area contributed by atoms with Crippen LogP contribution in [0.5, 0.6) is 5.75 Å². The summed E-state index contributed by atoms with van der Waals surface area (Å²) in [6.07, 6.45) is 0. The van der Waals surface area contributed by atoms with Gasteiger partial charge in [0.05, 0.1) is 6.61 Å². The van der Waals surface area contributed by atoms with Crippen LogP contribution >= 0.6 is 0 Å². The Bertz CT molecular complexity index is 668. The van der Waals surface area contributed by atoms with E-state index in [-0.39, 0.29) is 24.3 Å². The Kier molecular flexibility index (Phi) is 6.51. The molecule has 0 fully saturated rings. The molecule has 0 aliphatic heterocycles. The molecule has 0 aliphatic carbocycles. The summed E-state index contributed by atoms with van der Waals surface area (Å²) in [6, 6.07) is 15.7. The van der Waals surface area contributed by atoms with Gasteiger partial charge in [0, 0.05) is 24.3 Å². The van der Waals surface area contributed by atoms with Crippen LogP contribution in [0.1, 0.15) is 22.8 Å². The van der Waals surface area contributed by atoms with Crippen LogP contribution in [0.3, 0.4) is 0 Å². The Morgan fingerprint density at radius 1 is 1.00 bits per heavy atom. The molecular weight excluding hydrogens is 306 g/mol. The number of rotatable bonds is 8. The van der Waals surface area contributed by atoms with E-state index in [4.69, 9.17) is 9.47 Å². The molecule has 0 radical (unpaired) electrons. The number of carbonyl (C=O) groups excluding carboxylic acids is 2. The van der Waals surface area contributed by atoms with Gasteiger partial charge in [-0.15, -0.1) is 0 Å². The SMILES string of the molecule is COC[C@H](C)NC(=O)COc1ccc(C(=O)c2ccccc2)cc1. The molecule has 0 aliphatic rings. The van der Waals surface area contributed by atoms with Gasteiger partial charge in [-0.2, -0.15) is 0 Å². The minimum Gasteiger partial charge on any atom is -0.484 e. The molecule has 5 nitrogen and oxygen atoms in total. The molecule has 0 spiro atoms. The van der Waals surface area contributed by atoms with Crippen molar-refractivity contribution in [3.05, 3.63) is 65.7 Å². The number of ketones is 1. The van der Waals surface area contributed by atoms with Gasteiger partial charge in [0.15, 0.2) is 12.4 Å². The first kappa shape index (κ1) is 17.7. The van der Waals surface area contributed by atoms with Crippen molar-refractivity contribution < 1.29 is 19.1 Å². The second-order valence-electron chi connectivity index (χ2n) is 5.43. The van der Waals surface area contributed by atoms with Crippen LogP contribution in [0.15, 0.2) is 54.6 Å². The monoisotopic (exact) mass is 327 g/mol. The largest absolute Gasteiger partial charge is 0.484 e. The van der Waals surface area contributed by atoms with Gasteiger partial charge in [-0.3, -0.25) is 9.59 Å². The quantitative estimate of drug-likeness (QED) is 0.757. The summed E-state index contributed by atoms with van der Waals surface area (Å²) in [4.78, 5) is 24.0. The van der Waals surface area contributed by atoms with Crippen LogP contribution in [0, 0.1) is 0 Å². The third-order valence-electron chi connectivity index (χ3n) is 3.35. The number of carbonyl (C=O) groups is 2. The maximum absolute atomic E-state index is 12.3. The highest BCUT2D eigenvalue weighted by molar-refractivity contribution is 6.08. The molecule has 24 heavy (non-hydrogen) atoms. The molecule has 0 saturated carbocycles. The van der Waals surface area contributed by atoms with Gasteiger partial charge in [-0.05, 0) is 31.2 Å². The molecule has 0 unspecified atom stereocenters. The first-order valence-electron chi connectivity index (χ1n) is 7.71. The van der Waals surface area contributed by atoms with Crippen molar-refractivity contribution in [1.29, 1.82) is 0 Å². The maximum Gasteiger partial charge on any atom is 0.258 e. The molecule has 2 aromatic rings. The summed E-state index contributed by atoms with van der Waals surface area (Å²) in [5.41, 5.74) is 1.21. The van der Waals surface area contributed by atoms with Crippen LogP contribution in [0.25, 0.3) is 0 Å². The fourth-order valence-electron chi connectivity index (χ4n) is 2.22. The van der Waals surface area contributed by atoms with E-state index in [1.54, 1.807) is 43.5 Å². The van der Waals surface area contributed by atoms with E-state index in [2.05, 4.69) is 5.32 Å². The molecule has 5 heteroatoms. The number of nitrogens with one attached hydrogen (secondary N) is 1. The second kappa shape index (κ2) is 8.84. The van der Waals surface area contributed by atoms with Crippen LogP contribution in [-0.4, -0.2) is 38.1 Å². The maximum atomic E-state index is 12.3. The first-order chi connectivity index (χ1) is 11.6. The normalized spacial score (nSPS) is 11.6. The summed E-state index contributed by atoms with van der Waals surface area (Å²) in [6.45, 7) is 2.22. The van der Waals surface area contributed by atoms with E-state index in [0.29, 0.717) is 23.5 Å². The van der Waals surface area contributed by atoms with Crippen molar-refractivity contribution in [3.8, 4) is 5.75 Å². The van der Waals surface area contributed by atoms with Crippen molar-refractivity contribution in [2.24, 2.45) is 0 Å². The molecule has 2 aromatic carbocycles. The number of amides is 1. The van der Waals surface area contributed by atoms with E-state index in [1.807, 2.05) is 25.1 Å². The molecule has 0 aromatic heterocycles. The highest BCUT2D eigenvalue weighted by Gasteiger charge is 2.10. The summed E-state index contributed by atoms with van der Waals surface area (Å²) < 4.78 is 10.4. The lowest BCUT2D eigenvalue weighted by atomic mass is 10.0. The Morgan fingerprint density at radius 2 is 1.62 bits per heavy atom. The van der Waals surface area contributed by atoms with Crippen LogP contribution in [-0.2, 0) is 9.53 Å². The zero-order chi connectivity index (χ0) is 17.4. The Hall–Kier alpha value is -2.66. The van der Waals surface area contributed by atoms with E-state index in [9.17, 15) is 9.59 Å². The molecule has 1 atom stereocenters. The lowest BCUT2D eigenvalue weighted by Gasteiger charge is -2.13. The molecule has 0 saturated heterocycles. The van der Waals surface area contributed by atoms with Gasteiger partial charge in [0.25, 0.3) is 5.91 Å². The molecule has 1 amide bonds. The molecule has 0 bridgehead atoms. The van der Waals surface area contributed by atoms with Crippen molar-refractivity contribution in [2.45, 2.75) is 13.0 Å². The predicted molar refractivity (Wildman–Crippen MR) is 91.3 cm³/mol. The molecule has 2 rings (SSSR count). The fraction of sp³-hybridized carbons (Fsp3) is 0.263. The van der Waals surface area contributed by atoms with Crippen molar-refractivity contribution >= 4 is 11.7 Å². The molecule has 126 valence electrons. The minimum atomic E-state index is -0.219. The minimum absolute atomic E-state index is 0.0479. The van der Waals surface area contributed by atoms with E-state index >= 15 is 0 Å². The van der Waals surface area contributed by atoms with Gasteiger partial charge < -0.3 is 14.8 Å². The Balaban J connectivity index is 1.88. The number of hydrogen-bond acceptors (Lipinski definition) is 4. The topological polar surface area (TPSA) is 64.6 Å². The van der Waals surface area contributed by atoms with Crippen LogP contribution in [0.4, 0.5) is 0 Å². The third-order valence-corrected chi connectivity index (χ3v) is 3.35. The van der Waals surface area contributed by atoms with Gasteiger partial charge >= 0.3 is 0 Å². The number of hydrogen-bond donors (Lipinski definition) is 1. The van der Waals surface area contributed by atoms with E-state index in [1.165, 1.54) is 0 Å². The highest BCUT2D eigenvalue weighted by Crippen LogP contribution is 2.15. The van der Waals surface area contributed by atoms with E-state index < -0.39 is 0 Å². The average molecular weight is 327 g/mol. The van der Waals surface area contributed by atoms with Gasteiger partial charge in [-0.1, -0.05) is 30.3 Å². The third kappa shape index (κ3) is 5.21. The van der Waals surface area contributed by atoms with Crippen LogP contribution < -0.4 is 10.1 Å². The van der Waals surface area contributed by atoms with Gasteiger partial charge in [0.2, 0.25) is 0 Å². The standard InChI is InChI=1S/C19H21NO4/c1-14(12-23-2)20-18(21)13-24-17-10-8-16(9-11-17)19(22)15-6-4-3-5-7-15/h3-11,14H,12-13H2,1-2H3,(H,20,21)/t14-/m0/s1. The number of methoxy groups -OCH3 is 1. The van der Waals surface area contributed by atoms with Crippen LogP contribution in [0.2, 0.25) is 0 Å². The lowest BCUT2D eigenvalue weighted by molar-refractivity contribution is -0.124. The summed E-state index contributed by atoms with van der Waals surface area (Å²) in [7, 11) is 1.58. The molecule has 0 heterocycles. The number of ether oxygens (including phenoxy) is 2. The van der Waals surface area contributed by atoms with Crippen molar-refractivity contribution in [1.82, 2.24) is 5.32 Å². The Morgan fingerprint density at radius 3 is 2.25 bits per heavy atom. The molecular formula is C19H21NO4. The van der Waals surface area contributed by atoms with Gasteiger partial charge in [0.1, 0.15) is 5.75 Å². The van der Waals surface area contributed by atoms with Crippen molar-refractivity contribution in [3.63, 3.8) is 0 Å².